The van der Waals surface area contributed by atoms with Gasteiger partial charge in [0, 0.05) is 32.1 Å². The Bertz CT molecular complexity index is 807. The van der Waals surface area contributed by atoms with Gasteiger partial charge in [0.1, 0.15) is 5.75 Å². The lowest BCUT2D eigenvalue weighted by atomic mass is 9.93. The number of methoxy groups -OCH3 is 1. The minimum absolute atomic E-state index is 0.0188. The summed E-state index contributed by atoms with van der Waals surface area (Å²) >= 11 is 0. The number of sulfonamides is 1. The molecule has 1 aromatic carbocycles. The van der Waals surface area contributed by atoms with Crippen LogP contribution in [0.4, 0.5) is 0 Å². The second kappa shape index (κ2) is 8.48. The SMILES string of the molecule is COc1ccc(S(=O)(=O)N2CCC(C(=O)N3CCC(C(=O)O)CC3)CC2)cc1. The molecule has 2 aliphatic heterocycles. The fourth-order valence-corrected chi connectivity index (χ4v) is 5.31. The summed E-state index contributed by atoms with van der Waals surface area (Å²) in [4.78, 5) is 25.7. The van der Waals surface area contributed by atoms with Gasteiger partial charge in [-0.3, -0.25) is 9.59 Å². The van der Waals surface area contributed by atoms with Crippen molar-refractivity contribution < 1.29 is 27.9 Å². The van der Waals surface area contributed by atoms with Crippen molar-refractivity contribution in [1.82, 2.24) is 9.21 Å². The van der Waals surface area contributed by atoms with E-state index in [2.05, 4.69) is 0 Å². The van der Waals surface area contributed by atoms with E-state index in [1.807, 2.05) is 0 Å². The van der Waals surface area contributed by atoms with Crippen LogP contribution in [0.25, 0.3) is 0 Å². The zero-order valence-corrected chi connectivity index (χ0v) is 16.7. The maximum Gasteiger partial charge on any atom is 0.306 e. The van der Waals surface area contributed by atoms with Crippen molar-refractivity contribution >= 4 is 21.9 Å². The number of carboxylic acids is 1. The van der Waals surface area contributed by atoms with Crippen LogP contribution < -0.4 is 4.74 Å². The van der Waals surface area contributed by atoms with Crippen LogP contribution in [0, 0.1) is 11.8 Å². The molecular formula is C19H26N2O6S. The summed E-state index contributed by atoms with van der Waals surface area (Å²) in [6.45, 7) is 1.52. The van der Waals surface area contributed by atoms with E-state index in [-0.39, 0.29) is 22.6 Å². The first kappa shape index (κ1) is 20.6. The number of aliphatic carboxylic acids is 1. The Morgan fingerprint density at radius 3 is 2.00 bits per heavy atom. The lowest BCUT2D eigenvalue weighted by Gasteiger charge is -2.36. The maximum absolute atomic E-state index is 12.8. The van der Waals surface area contributed by atoms with Gasteiger partial charge in [-0.25, -0.2) is 8.42 Å². The van der Waals surface area contributed by atoms with Crippen LogP contribution in [0.15, 0.2) is 29.2 Å². The van der Waals surface area contributed by atoms with E-state index < -0.39 is 16.0 Å². The summed E-state index contributed by atoms with van der Waals surface area (Å²) < 4.78 is 32.1. The molecule has 28 heavy (non-hydrogen) atoms. The van der Waals surface area contributed by atoms with Crippen LogP contribution in [-0.4, -0.2) is 67.9 Å². The molecule has 2 fully saturated rings. The van der Waals surface area contributed by atoms with E-state index in [0.29, 0.717) is 57.6 Å². The summed E-state index contributed by atoms with van der Waals surface area (Å²) in [5.41, 5.74) is 0. The van der Waals surface area contributed by atoms with Crippen molar-refractivity contribution in [3.05, 3.63) is 24.3 Å². The second-order valence-corrected chi connectivity index (χ2v) is 9.23. The lowest BCUT2D eigenvalue weighted by molar-refractivity contribution is -0.147. The van der Waals surface area contributed by atoms with Gasteiger partial charge in [-0.05, 0) is 49.9 Å². The molecule has 9 heteroatoms. The van der Waals surface area contributed by atoms with Crippen LogP contribution in [-0.2, 0) is 19.6 Å². The minimum atomic E-state index is -3.59. The Morgan fingerprint density at radius 2 is 1.50 bits per heavy atom. The van der Waals surface area contributed by atoms with E-state index >= 15 is 0 Å². The normalized spacial score (nSPS) is 20.1. The third kappa shape index (κ3) is 4.30. The molecule has 2 saturated heterocycles. The number of amides is 1. The molecule has 8 nitrogen and oxygen atoms in total. The highest BCUT2D eigenvalue weighted by molar-refractivity contribution is 7.89. The van der Waals surface area contributed by atoms with Crippen molar-refractivity contribution in [1.29, 1.82) is 0 Å². The van der Waals surface area contributed by atoms with Gasteiger partial charge in [0.15, 0.2) is 0 Å². The molecule has 0 atom stereocenters. The maximum atomic E-state index is 12.8. The molecule has 0 spiro atoms. The number of nitrogens with zero attached hydrogens (tertiary/aromatic N) is 2. The van der Waals surface area contributed by atoms with Gasteiger partial charge in [-0.2, -0.15) is 4.31 Å². The fourth-order valence-electron chi connectivity index (χ4n) is 3.84. The molecule has 0 unspecified atom stereocenters. The van der Waals surface area contributed by atoms with E-state index in [0.717, 1.165) is 0 Å². The van der Waals surface area contributed by atoms with Gasteiger partial charge in [0.05, 0.1) is 17.9 Å². The molecule has 1 amide bonds. The molecule has 0 bridgehead atoms. The Hall–Kier alpha value is -2.13. The fraction of sp³-hybridized carbons (Fsp3) is 0.579. The number of carboxylic acid groups (broad SMARTS) is 1. The molecule has 1 aromatic rings. The summed E-state index contributed by atoms with van der Waals surface area (Å²) in [7, 11) is -2.07. The van der Waals surface area contributed by atoms with Crippen LogP contribution >= 0.6 is 0 Å². The number of hydrogen-bond acceptors (Lipinski definition) is 5. The zero-order valence-electron chi connectivity index (χ0n) is 15.9. The van der Waals surface area contributed by atoms with Crippen molar-refractivity contribution in [2.75, 3.05) is 33.3 Å². The van der Waals surface area contributed by atoms with Gasteiger partial charge in [-0.1, -0.05) is 0 Å². The van der Waals surface area contributed by atoms with E-state index in [1.165, 1.54) is 23.5 Å². The first-order chi connectivity index (χ1) is 13.3. The first-order valence-corrected chi connectivity index (χ1v) is 10.9. The van der Waals surface area contributed by atoms with Crippen molar-refractivity contribution in [2.24, 2.45) is 11.8 Å². The molecule has 0 radical (unpaired) electrons. The zero-order chi connectivity index (χ0) is 20.3. The van der Waals surface area contributed by atoms with Gasteiger partial charge in [-0.15, -0.1) is 0 Å². The highest BCUT2D eigenvalue weighted by atomic mass is 32.2. The van der Waals surface area contributed by atoms with Gasteiger partial charge < -0.3 is 14.7 Å². The molecule has 3 rings (SSSR count). The molecule has 2 aliphatic rings. The number of piperidine rings is 2. The summed E-state index contributed by atoms with van der Waals surface area (Å²) in [6.07, 6.45) is 1.91. The third-order valence-corrected chi connectivity index (χ3v) is 7.57. The predicted molar refractivity (Wildman–Crippen MR) is 101 cm³/mol. The number of rotatable bonds is 5. The molecule has 1 N–H and O–H groups in total. The number of hydrogen-bond donors (Lipinski definition) is 1. The number of ether oxygens (including phenoxy) is 1. The number of benzene rings is 1. The minimum Gasteiger partial charge on any atom is -0.497 e. The standard InChI is InChI=1S/C19H26N2O6S/c1-27-16-2-4-17(5-3-16)28(25,26)21-12-8-14(9-13-21)18(22)20-10-6-15(7-11-20)19(23)24/h2-5,14-15H,6-13H2,1H3,(H,23,24). The number of likely N-dealkylation sites (tertiary alicyclic amines) is 1. The van der Waals surface area contributed by atoms with Crippen LogP contribution in [0.1, 0.15) is 25.7 Å². The van der Waals surface area contributed by atoms with Crippen LogP contribution in [0.2, 0.25) is 0 Å². The smallest absolute Gasteiger partial charge is 0.306 e. The monoisotopic (exact) mass is 410 g/mol. The highest BCUT2D eigenvalue weighted by Crippen LogP contribution is 2.27. The Balaban J connectivity index is 1.56. The first-order valence-electron chi connectivity index (χ1n) is 9.48. The van der Waals surface area contributed by atoms with Crippen molar-refractivity contribution in [2.45, 2.75) is 30.6 Å². The predicted octanol–water partition coefficient (Wildman–Crippen LogP) is 1.42. The average molecular weight is 410 g/mol. The van der Waals surface area contributed by atoms with Crippen LogP contribution in [0.3, 0.4) is 0 Å². The van der Waals surface area contributed by atoms with Crippen LogP contribution in [0.5, 0.6) is 5.75 Å². The largest absolute Gasteiger partial charge is 0.497 e. The summed E-state index contributed by atoms with van der Waals surface area (Å²) in [5, 5.41) is 9.07. The lowest BCUT2D eigenvalue weighted by Crippen LogP contribution is -2.47. The Morgan fingerprint density at radius 1 is 0.964 bits per heavy atom. The average Bonchev–Trinajstić information content (AvgIpc) is 2.73. The van der Waals surface area contributed by atoms with E-state index in [1.54, 1.807) is 17.0 Å². The number of carbonyl (C=O) groups excluding carboxylic acids is 1. The second-order valence-electron chi connectivity index (χ2n) is 7.29. The molecule has 154 valence electrons. The quantitative estimate of drug-likeness (QED) is 0.787. The molecule has 0 saturated carbocycles. The van der Waals surface area contributed by atoms with Crippen molar-refractivity contribution in [3.63, 3.8) is 0 Å². The van der Waals surface area contributed by atoms with E-state index in [4.69, 9.17) is 9.84 Å². The van der Waals surface area contributed by atoms with Gasteiger partial charge in [0.2, 0.25) is 15.9 Å². The Labute approximate surface area is 165 Å². The topological polar surface area (TPSA) is 104 Å². The van der Waals surface area contributed by atoms with Gasteiger partial charge >= 0.3 is 5.97 Å². The summed E-state index contributed by atoms with van der Waals surface area (Å²) in [5.74, 6) is -0.770. The molecule has 0 aliphatic carbocycles. The third-order valence-electron chi connectivity index (χ3n) is 5.66. The Kier molecular flexibility index (Phi) is 6.24. The summed E-state index contributed by atoms with van der Waals surface area (Å²) in [6, 6.07) is 6.28. The highest BCUT2D eigenvalue weighted by Gasteiger charge is 2.35. The van der Waals surface area contributed by atoms with Crippen molar-refractivity contribution in [3.8, 4) is 5.75 Å². The molecule has 0 aromatic heterocycles. The molecule has 2 heterocycles. The van der Waals surface area contributed by atoms with E-state index in [9.17, 15) is 18.0 Å². The number of carbonyl (C=O) groups is 2. The molecular weight excluding hydrogens is 384 g/mol. The van der Waals surface area contributed by atoms with Gasteiger partial charge in [0.25, 0.3) is 0 Å².